The van der Waals surface area contributed by atoms with E-state index in [0.29, 0.717) is 5.92 Å². The molecule has 0 fully saturated rings. The predicted molar refractivity (Wildman–Crippen MR) is 48.2 cm³/mol. The molecular formula is C11H12. The van der Waals surface area contributed by atoms with Gasteiger partial charge in [-0.25, -0.2) is 0 Å². The van der Waals surface area contributed by atoms with Crippen molar-refractivity contribution >= 4 is 0 Å². The summed E-state index contributed by atoms with van der Waals surface area (Å²) < 4.78 is 0. The maximum Gasteiger partial charge on any atom is -0.000984 e. The Kier molecular flexibility index (Phi) is 1.76. The van der Waals surface area contributed by atoms with Crippen molar-refractivity contribution in [2.24, 2.45) is 5.92 Å². The zero-order valence-electron chi connectivity index (χ0n) is 6.53. The molecule has 0 atom stereocenters. The summed E-state index contributed by atoms with van der Waals surface area (Å²) in [6, 6.07) is 0. The molecule has 2 aliphatic carbocycles. The Morgan fingerprint density at radius 2 is 2.00 bits per heavy atom. The average Bonchev–Trinajstić information content (AvgIpc) is 2.60. The van der Waals surface area contributed by atoms with Crippen molar-refractivity contribution in [2.45, 2.75) is 12.8 Å². The Morgan fingerprint density at radius 1 is 1.18 bits per heavy atom. The summed E-state index contributed by atoms with van der Waals surface area (Å²) in [6.45, 7) is 0. The molecule has 0 aromatic heterocycles. The first-order valence-electron chi connectivity index (χ1n) is 4.15. The molecule has 2 rings (SSSR count). The highest BCUT2D eigenvalue weighted by molar-refractivity contribution is 5.27. The van der Waals surface area contributed by atoms with Crippen LogP contribution in [0.5, 0.6) is 0 Å². The molecule has 0 N–H and O–H groups in total. The fourth-order valence-electron chi connectivity index (χ4n) is 1.56. The van der Waals surface area contributed by atoms with Gasteiger partial charge in [0, 0.05) is 0 Å². The topological polar surface area (TPSA) is 0 Å². The molecule has 0 saturated heterocycles. The molecule has 0 amide bonds. The molecular weight excluding hydrogens is 132 g/mol. The van der Waals surface area contributed by atoms with Crippen molar-refractivity contribution in [2.75, 3.05) is 0 Å². The molecule has 0 unspecified atom stereocenters. The molecule has 0 aliphatic heterocycles. The summed E-state index contributed by atoms with van der Waals surface area (Å²) in [6.07, 6.45) is 17.8. The van der Waals surface area contributed by atoms with Gasteiger partial charge < -0.3 is 0 Å². The van der Waals surface area contributed by atoms with E-state index in [1.165, 1.54) is 6.42 Å². The molecule has 11 heavy (non-hydrogen) atoms. The van der Waals surface area contributed by atoms with Crippen LogP contribution in [0.1, 0.15) is 12.8 Å². The quantitative estimate of drug-likeness (QED) is 0.559. The van der Waals surface area contributed by atoms with E-state index >= 15 is 0 Å². The molecule has 0 saturated carbocycles. The van der Waals surface area contributed by atoms with E-state index in [0.717, 1.165) is 6.42 Å². The Bertz CT molecular complexity index is 239. The summed E-state index contributed by atoms with van der Waals surface area (Å²) in [5.74, 6) is 0.668. The van der Waals surface area contributed by atoms with Crippen LogP contribution in [0.25, 0.3) is 0 Å². The van der Waals surface area contributed by atoms with E-state index in [4.69, 9.17) is 0 Å². The minimum atomic E-state index is 0.668. The largest absolute Gasteiger partial charge is 0.0805 e. The Hall–Kier alpha value is -1.04. The summed E-state index contributed by atoms with van der Waals surface area (Å²) >= 11 is 0. The van der Waals surface area contributed by atoms with E-state index in [2.05, 4.69) is 42.5 Å². The van der Waals surface area contributed by atoms with Crippen LogP contribution < -0.4 is 0 Å². The van der Waals surface area contributed by atoms with Crippen LogP contribution in [-0.2, 0) is 0 Å². The molecule has 0 heterocycles. The number of allylic oxidation sites excluding steroid dienone is 8. The maximum absolute atomic E-state index is 2.26. The van der Waals surface area contributed by atoms with E-state index in [9.17, 15) is 0 Å². The molecule has 0 radical (unpaired) electrons. The highest BCUT2D eigenvalue weighted by Gasteiger charge is 2.07. The first kappa shape index (κ1) is 6.66. The fourth-order valence-corrected chi connectivity index (χ4v) is 1.56. The van der Waals surface area contributed by atoms with Gasteiger partial charge in [0.05, 0.1) is 0 Å². The van der Waals surface area contributed by atoms with Crippen molar-refractivity contribution in [1.29, 1.82) is 0 Å². The first-order valence-corrected chi connectivity index (χ1v) is 4.15. The minimum absolute atomic E-state index is 0.668. The second-order valence-corrected chi connectivity index (χ2v) is 3.09. The molecule has 2 aliphatic rings. The van der Waals surface area contributed by atoms with Crippen LogP contribution in [0.3, 0.4) is 0 Å². The molecule has 0 nitrogen and oxygen atoms in total. The SMILES string of the molecule is C1=CCC(CC2C=CC=C2)=C1. The zero-order valence-corrected chi connectivity index (χ0v) is 6.53. The summed E-state index contributed by atoms with van der Waals surface area (Å²) in [7, 11) is 0. The van der Waals surface area contributed by atoms with Crippen molar-refractivity contribution < 1.29 is 0 Å². The normalized spacial score (nSPS) is 21.6. The minimum Gasteiger partial charge on any atom is -0.0805 e. The second kappa shape index (κ2) is 2.91. The van der Waals surface area contributed by atoms with Crippen LogP contribution in [0.15, 0.2) is 48.1 Å². The van der Waals surface area contributed by atoms with Crippen LogP contribution in [0, 0.1) is 5.92 Å². The molecule has 0 aromatic carbocycles. The van der Waals surface area contributed by atoms with Gasteiger partial charge in [0.1, 0.15) is 0 Å². The Labute approximate surface area is 67.6 Å². The first-order chi connectivity index (χ1) is 5.45. The van der Waals surface area contributed by atoms with E-state index in [1.54, 1.807) is 5.57 Å². The van der Waals surface area contributed by atoms with Crippen LogP contribution in [0.4, 0.5) is 0 Å². The molecule has 0 bridgehead atoms. The smallest absolute Gasteiger partial charge is 0.000984 e. The lowest BCUT2D eigenvalue weighted by Crippen LogP contribution is -1.90. The van der Waals surface area contributed by atoms with Crippen LogP contribution in [-0.4, -0.2) is 0 Å². The van der Waals surface area contributed by atoms with Gasteiger partial charge in [-0.1, -0.05) is 48.1 Å². The molecule has 0 heteroatoms. The van der Waals surface area contributed by atoms with Crippen molar-refractivity contribution in [1.82, 2.24) is 0 Å². The number of rotatable bonds is 2. The van der Waals surface area contributed by atoms with Gasteiger partial charge in [0.15, 0.2) is 0 Å². The Morgan fingerprint density at radius 3 is 2.64 bits per heavy atom. The van der Waals surface area contributed by atoms with Gasteiger partial charge in [-0.15, -0.1) is 0 Å². The fraction of sp³-hybridized carbons (Fsp3) is 0.273. The lowest BCUT2D eigenvalue weighted by atomic mass is 10.0. The van der Waals surface area contributed by atoms with Crippen LogP contribution in [0.2, 0.25) is 0 Å². The molecule has 56 valence electrons. The molecule has 0 spiro atoms. The van der Waals surface area contributed by atoms with Gasteiger partial charge in [-0.2, -0.15) is 0 Å². The van der Waals surface area contributed by atoms with Gasteiger partial charge in [-0.3, -0.25) is 0 Å². The highest BCUT2D eigenvalue weighted by atomic mass is 14.1. The third-order valence-corrected chi connectivity index (χ3v) is 2.17. The van der Waals surface area contributed by atoms with Crippen molar-refractivity contribution in [3.63, 3.8) is 0 Å². The summed E-state index contributed by atoms with van der Waals surface area (Å²) in [5, 5.41) is 0. The highest BCUT2D eigenvalue weighted by Crippen LogP contribution is 2.23. The zero-order chi connectivity index (χ0) is 7.52. The van der Waals surface area contributed by atoms with E-state index in [1.807, 2.05) is 0 Å². The predicted octanol–water partition coefficient (Wildman–Crippen LogP) is 3.01. The third kappa shape index (κ3) is 1.51. The number of hydrogen-bond donors (Lipinski definition) is 0. The molecule has 0 aromatic rings. The summed E-state index contributed by atoms with van der Waals surface area (Å²) in [5.41, 5.74) is 1.56. The van der Waals surface area contributed by atoms with E-state index in [-0.39, 0.29) is 0 Å². The van der Waals surface area contributed by atoms with E-state index < -0.39 is 0 Å². The van der Waals surface area contributed by atoms with Crippen molar-refractivity contribution in [3.05, 3.63) is 48.1 Å². The van der Waals surface area contributed by atoms with Gasteiger partial charge in [-0.05, 0) is 18.8 Å². The standard InChI is InChI=1S/C11H12/c1-2-6-10(5-1)9-11-7-3-4-8-11/h1-7,10H,8-9H2. The second-order valence-electron chi connectivity index (χ2n) is 3.09. The maximum atomic E-state index is 2.26. The monoisotopic (exact) mass is 144 g/mol. The third-order valence-electron chi connectivity index (χ3n) is 2.17. The van der Waals surface area contributed by atoms with Gasteiger partial charge >= 0.3 is 0 Å². The number of hydrogen-bond acceptors (Lipinski definition) is 0. The summed E-state index contributed by atoms with van der Waals surface area (Å²) in [4.78, 5) is 0. The average molecular weight is 144 g/mol. The Balaban J connectivity index is 1.91. The van der Waals surface area contributed by atoms with Gasteiger partial charge in [0.2, 0.25) is 0 Å². The van der Waals surface area contributed by atoms with Gasteiger partial charge in [0.25, 0.3) is 0 Å². The van der Waals surface area contributed by atoms with Crippen molar-refractivity contribution in [3.8, 4) is 0 Å². The van der Waals surface area contributed by atoms with Crippen LogP contribution >= 0.6 is 0 Å². The lowest BCUT2D eigenvalue weighted by molar-refractivity contribution is 0.793. The lowest BCUT2D eigenvalue weighted by Gasteiger charge is -2.04.